The molecule has 0 radical (unpaired) electrons. The Kier molecular flexibility index (Phi) is 5.52. The summed E-state index contributed by atoms with van der Waals surface area (Å²) in [5, 5.41) is 2.60. The van der Waals surface area contributed by atoms with Crippen molar-refractivity contribution in [2.45, 2.75) is 26.2 Å². The van der Waals surface area contributed by atoms with Gasteiger partial charge >= 0.3 is 11.9 Å². The monoisotopic (exact) mass is 305 g/mol. The summed E-state index contributed by atoms with van der Waals surface area (Å²) in [4.78, 5) is 34.6. The van der Waals surface area contributed by atoms with Gasteiger partial charge in [0.25, 0.3) is 5.91 Å². The molecule has 1 aliphatic carbocycles. The highest BCUT2D eigenvalue weighted by Gasteiger charge is 2.31. The number of anilines is 1. The molecule has 1 fully saturated rings. The zero-order valence-electron chi connectivity index (χ0n) is 12.5. The van der Waals surface area contributed by atoms with Gasteiger partial charge in [-0.3, -0.25) is 9.59 Å². The van der Waals surface area contributed by atoms with Gasteiger partial charge in [0, 0.05) is 5.69 Å². The van der Waals surface area contributed by atoms with Gasteiger partial charge in [-0.05, 0) is 43.5 Å². The summed E-state index contributed by atoms with van der Waals surface area (Å²) in [5.41, 5.74) is 0.950. The van der Waals surface area contributed by atoms with Crippen LogP contribution in [0.15, 0.2) is 24.3 Å². The molecule has 0 aromatic heterocycles. The number of hydrogen-bond donors (Lipinski definition) is 1. The third kappa shape index (κ3) is 4.87. The van der Waals surface area contributed by atoms with Crippen molar-refractivity contribution >= 4 is 23.5 Å². The van der Waals surface area contributed by atoms with Crippen LogP contribution in [0.4, 0.5) is 5.69 Å². The number of nitrogens with one attached hydrogen (secondary N) is 1. The van der Waals surface area contributed by atoms with Crippen molar-refractivity contribution in [3.63, 3.8) is 0 Å². The molecular formula is C16H19NO5. The molecule has 1 N–H and O–H groups in total. The minimum atomic E-state index is -0.407. The van der Waals surface area contributed by atoms with Crippen molar-refractivity contribution in [2.75, 3.05) is 18.5 Å². The normalized spacial score (nSPS) is 13.3. The fourth-order valence-electron chi connectivity index (χ4n) is 1.74. The zero-order chi connectivity index (χ0) is 15.9. The van der Waals surface area contributed by atoms with Crippen LogP contribution in [0, 0.1) is 5.92 Å². The summed E-state index contributed by atoms with van der Waals surface area (Å²) in [5.74, 6) is -1.14. The first-order valence-corrected chi connectivity index (χ1v) is 7.34. The van der Waals surface area contributed by atoms with Crippen LogP contribution >= 0.6 is 0 Å². The minimum Gasteiger partial charge on any atom is -0.462 e. The number of hydrogen-bond acceptors (Lipinski definition) is 5. The number of carbonyl (C=O) groups is 3. The molecule has 1 amide bonds. The second kappa shape index (κ2) is 7.59. The fourth-order valence-corrected chi connectivity index (χ4v) is 1.74. The van der Waals surface area contributed by atoms with Gasteiger partial charge in [0.15, 0.2) is 6.61 Å². The fraction of sp³-hybridized carbons (Fsp3) is 0.438. The lowest BCUT2D eigenvalue weighted by atomic mass is 10.2. The molecule has 0 atom stereocenters. The standard InChI is InChI=1S/C16H19NO5/c1-2-9-21-15(19)12-5-7-13(8-6-12)17-14(18)10-22-16(20)11-3-4-11/h5-8,11H,2-4,9-10H2,1H3,(H,17,18). The van der Waals surface area contributed by atoms with E-state index in [4.69, 9.17) is 9.47 Å². The number of rotatable bonds is 7. The molecule has 0 unspecified atom stereocenters. The summed E-state index contributed by atoms with van der Waals surface area (Å²) < 4.78 is 9.89. The van der Waals surface area contributed by atoms with Crippen molar-refractivity contribution in [1.82, 2.24) is 0 Å². The quantitative estimate of drug-likeness (QED) is 0.781. The van der Waals surface area contributed by atoms with Crippen molar-refractivity contribution in [3.05, 3.63) is 29.8 Å². The molecule has 6 nitrogen and oxygen atoms in total. The van der Waals surface area contributed by atoms with E-state index in [1.807, 2.05) is 6.92 Å². The van der Waals surface area contributed by atoms with Crippen LogP contribution in [-0.2, 0) is 19.1 Å². The van der Waals surface area contributed by atoms with E-state index in [-0.39, 0.29) is 18.5 Å². The van der Waals surface area contributed by atoms with E-state index in [9.17, 15) is 14.4 Å². The molecular weight excluding hydrogens is 286 g/mol. The summed E-state index contributed by atoms with van der Waals surface area (Å²) in [6.45, 7) is 2.00. The Labute approximate surface area is 128 Å². The van der Waals surface area contributed by atoms with Gasteiger partial charge in [0.1, 0.15) is 0 Å². The van der Waals surface area contributed by atoms with E-state index in [0.29, 0.717) is 17.9 Å². The van der Waals surface area contributed by atoms with Gasteiger partial charge in [-0.2, -0.15) is 0 Å². The van der Waals surface area contributed by atoms with Crippen molar-refractivity contribution in [2.24, 2.45) is 5.92 Å². The lowest BCUT2D eigenvalue weighted by Gasteiger charge is -2.07. The third-order valence-corrected chi connectivity index (χ3v) is 3.10. The van der Waals surface area contributed by atoms with Gasteiger partial charge in [-0.15, -0.1) is 0 Å². The summed E-state index contributed by atoms with van der Waals surface area (Å²) >= 11 is 0. The molecule has 6 heteroatoms. The van der Waals surface area contributed by atoms with Crippen molar-refractivity contribution < 1.29 is 23.9 Å². The number of ether oxygens (including phenoxy) is 2. The second-order valence-corrected chi connectivity index (χ2v) is 5.14. The van der Waals surface area contributed by atoms with Gasteiger partial charge in [0.05, 0.1) is 18.1 Å². The molecule has 1 aliphatic rings. The minimum absolute atomic E-state index is 0.0267. The Bertz CT molecular complexity index is 548. The number of esters is 2. The molecule has 1 saturated carbocycles. The van der Waals surface area contributed by atoms with Gasteiger partial charge < -0.3 is 14.8 Å². The van der Waals surface area contributed by atoms with Crippen LogP contribution in [0.1, 0.15) is 36.5 Å². The van der Waals surface area contributed by atoms with Crippen LogP contribution in [-0.4, -0.2) is 31.1 Å². The third-order valence-electron chi connectivity index (χ3n) is 3.10. The van der Waals surface area contributed by atoms with Crippen molar-refractivity contribution in [1.29, 1.82) is 0 Å². The Hall–Kier alpha value is -2.37. The first kappa shape index (κ1) is 16.0. The van der Waals surface area contributed by atoms with Crippen LogP contribution in [0.5, 0.6) is 0 Å². The first-order chi connectivity index (χ1) is 10.6. The molecule has 0 heterocycles. The van der Waals surface area contributed by atoms with E-state index < -0.39 is 11.9 Å². The highest BCUT2D eigenvalue weighted by Crippen LogP contribution is 2.29. The molecule has 0 aliphatic heterocycles. The molecule has 1 aromatic rings. The maximum absolute atomic E-state index is 11.6. The molecule has 118 valence electrons. The van der Waals surface area contributed by atoms with Crippen molar-refractivity contribution in [3.8, 4) is 0 Å². The van der Waals surface area contributed by atoms with Crippen LogP contribution in [0.3, 0.4) is 0 Å². The predicted octanol–water partition coefficient (Wildman–Crippen LogP) is 2.15. The summed E-state index contributed by atoms with van der Waals surface area (Å²) in [7, 11) is 0. The second-order valence-electron chi connectivity index (χ2n) is 5.14. The number of amides is 1. The van der Waals surface area contributed by atoms with E-state index >= 15 is 0 Å². The Morgan fingerprint density at radius 1 is 1.14 bits per heavy atom. The lowest BCUT2D eigenvalue weighted by molar-refractivity contribution is -0.148. The maximum Gasteiger partial charge on any atom is 0.338 e. The Morgan fingerprint density at radius 3 is 2.41 bits per heavy atom. The molecule has 1 aromatic carbocycles. The molecule has 22 heavy (non-hydrogen) atoms. The van der Waals surface area contributed by atoms with Crippen LogP contribution < -0.4 is 5.32 Å². The van der Waals surface area contributed by atoms with E-state index in [1.54, 1.807) is 24.3 Å². The molecule has 2 rings (SSSR count). The zero-order valence-corrected chi connectivity index (χ0v) is 12.5. The average molecular weight is 305 g/mol. The number of carbonyl (C=O) groups excluding carboxylic acids is 3. The van der Waals surface area contributed by atoms with Gasteiger partial charge in [0.2, 0.25) is 0 Å². The summed E-state index contributed by atoms with van der Waals surface area (Å²) in [6.07, 6.45) is 2.45. The average Bonchev–Trinajstić information content (AvgIpc) is 3.36. The predicted molar refractivity (Wildman–Crippen MR) is 79.3 cm³/mol. The number of benzene rings is 1. The van der Waals surface area contributed by atoms with E-state index in [1.165, 1.54) is 0 Å². The smallest absolute Gasteiger partial charge is 0.338 e. The first-order valence-electron chi connectivity index (χ1n) is 7.34. The highest BCUT2D eigenvalue weighted by molar-refractivity contribution is 5.94. The molecule has 0 saturated heterocycles. The molecule has 0 spiro atoms. The van der Waals surface area contributed by atoms with E-state index in [0.717, 1.165) is 19.3 Å². The Morgan fingerprint density at radius 2 is 1.82 bits per heavy atom. The van der Waals surface area contributed by atoms with Gasteiger partial charge in [-0.25, -0.2) is 4.79 Å². The summed E-state index contributed by atoms with van der Waals surface area (Å²) in [6, 6.07) is 6.35. The maximum atomic E-state index is 11.6. The highest BCUT2D eigenvalue weighted by atomic mass is 16.5. The molecule has 0 bridgehead atoms. The van der Waals surface area contributed by atoms with E-state index in [2.05, 4.69) is 5.32 Å². The van der Waals surface area contributed by atoms with Crippen LogP contribution in [0.2, 0.25) is 0 Å². The SMILES string of the molecule is CCCOC(=O)c1ccc(NC(=O)COC(=O)C2CC2)cc1. The largest absolute Gasteiger partial charge is 0.462 e. The Balaban J connectivity index is 1.78. The lowest BCUT2D eigenvalue weighted by Crippen LogP contribution is -2.21. The topological polar surface area (TPSA) is 81.7 Å². The van der Waals surface area contributed by atoms with Crippen LogP contribution in [0.25, 0.3) is 0 Å². The van der Waals surface area contributed by atoms with Gasteiger partial charge in [-0.1, -0.05) is 6.92 Å².